The smallest absolute Gasteiger partial charge is 0.435 e. The highest BCUT2D eigenvalue weighted by molar-refractivity contribution is 5.87. The molecule has 0 fully saturated rings. The molecule has 0 aliphatic carbocycles. The summed E-state index contributed by atoms with van der Waals surface area (Å²) < 4.78 is 41.3. The normalized spacial score (nSPS) is 11.5. The second-order valence-electron chi connectivity index (χ2n) is 2.55. The Kier molecular flexibility index (Phi) is 2.98. The molecule has 0 spiro atoms. The Hall–Kier alpha value is -1.57. The van der Waals surface area contributed by atoms with Gasteiger partial charge in [0.05, 0.1) is 7.11 Å². The molecule has 15 heavy (non-hydrogen) atoms. The highest BCUT2D eigenvalue weighted by atomic mass is 19.4. The Morgan fingerprint density at radius 2 is 2.27 bits per heavy atom. The summed E-state index contributed by atoms with van der Waals surface area (Å²) in [6, 6.07) is 0.516. The number of hydrogen-bond donors (Lipinski definition) is 1. The number of carbonyl (C=O) groups excluding carboxylic acids is 1. The van der Waals surface area contributed by atoms with Crippen molar-refractivity contribution in [2.24, 2.45) is 0 Å². The van der Waals surface area contributed by atoms with Crippen LogP contribution in [0.1, 0.15) is 16.2 Å². The molecule has 0 aliphatic heterocycles. The molecule has 1 aromatic rings. The van der Waals surface area contributed by atoms with E-state index in [9.17, 15) is 18.0 Å². The first kappa shape index (κ1) is 11.5. The van der Waals surface area contributed by atoms with E-state index < -0.39 is 30.3 Å². The highest BCUT2D eigenvalue weighted by Gasteiger charge is 2.35. The van der Waals surface area contributed by atoms with Gasteiger partial charge in [0.1, 0.15) is 12.4 Å². The van der Waals surface area contributed by atoms with Gasteiger partial charge < -0.3 is 9.84 Å². The van der Waals surface area contributed by atoms with E-state index in [1.54, 1.807) is 0 Å². The van der Waals surface area contributed by atoms with Crippen molar-refractivity contribution in [3.8, 4) is 0 Å². The van der Waals surface area contributed by atoms with E-state index in [1.807, 2.05) is 0 Å². The van der Waals surface area contributed by atoms with Crippen LogP contribution in [0.2, 0.25) is 0 Å². The predicted molar refractivity (Wildman–Crippen MR) is 40.8 cm³/mol. The average molecular weight is 224 g/mol. The Balaban J connectivity index is 3.17. The molecule has 5 nitrogen and oxygen atoms in total. The fourth-order valence-electron chi connectivity index (χ4n) is 0.932. The quantitative estimate of drug-likeness (QED) is 0.748. The minimum Gasteiger partial charge on any atom is -0.464 e. The molecule has 1 aromatic heterocycles. The summed E-state index contributed by atoms with van der Waals surface area (Å²) in [5.74, 6) is -0.993. The summed E-state index contributed by atoms with van der Waals surface area (Å²) in [6.07, 6.45) is -4.66. The molecule has 0 radical (unpaired) electrons. The van der Waals surface area contributed by atoms with Crippen molar-refractivity contribution in [1.82, 2.24) is 9.78 Å². The lowest BCUT2D eigenvalue weighted by Gasteiger charge is -2.00. The number of alkyl halides is 3. The van der Waals surface area contributed by atoms with Crippen LogP contribution in [0.3, 0.4) is 0 Å². The number of aromatic nitrogens is 2. The maximum atomic E-state index is 12.2. The van der Waals surface area contributed by atoms with Crippen LogP contribution in [-0.2, 0) is 17.6 Å². The Labute approximate surface area is 82.1 Å². The van der Waals surface area contributed by atoms with Crippen molar-refractivity contribution >= 4 is 5.97 Å². The fraction of sp³-hybridized carbons (Fsp3) is 0.429. The third-order valence-electron chi connectivity index (χ3n) is 1.60. The van der Waals surface area contributed by atoms with Crippen LogP contribution in [0.4, 0.5) is 13.2 Å². The zero-order valence-corrected chi connectivity index (χ0v) is 7.58. The lowest BCUT2D eigenvalue weighted by Crippen LogP contribution is -2.12. The molecule has 0 amide bonds. The van der Waals surface area contributed by atoms with E-state index in [0.29, 0.717) is 10.7 Å². The number of halogens is 3. The monoisotopic (exact) mass is 224 g/mol. The van der Waals surface area contributed by atoms with Crippen molar-refractivity contribution in [2.75, 3.05) is 7.11 Å². The molecule has 1 N–H and O–H groups in total. The van der Waals surface area contributed by atoms with Gasteiger partial charge >= 0.3 is 12.1 Å². The fourth-order valence-corrected chi connectivity index (χ4v) is 0.932. The molecular formula is C7H7F3N2O3. The average Bonchev–Trinajstić information content (AvgIpc) is 2.59. The van der Waals surface area contributed by atoms with Gasteiger partial charge in [-0.05, 0) is 0 Å². The maximum absolute atomic E-state index is 12.2. The minimum atomic E-state index is -4.66. The lowest BCUT2D eigenvalue weighted by molar-refractivity contribution is -0.141. The molecule has 0 aromatic carbocycles. The van der Waals surface area contributed by atoms with Crippen molar-refractivity contribution in [3.05, 3.63) is 17.5 Å². The summed E-state index contributed by atoms with van der Waals surface area (Å²) in [5, 5.41) is 11.7. The van der Waals surface area contributed by atoms with Crippen LogP contribution in [0.25, 0.3) is 0 Å². The van der Waals surface area contributed by atoms with E-state index >= 15 is 0 Å². The molecule has 0 unspecified atom stereocenters. The number of esters is 1. The number of nitrogens with zero attached hydrogens (tertiary/aromatic N) is 2. The predicted octanol–water partition coefficient (Wildman–Crippen LogP) is 0.638. The zero-order chi connectivity index (χ0) is 11.6. The summed E-state index contributed by atoms with van der Waals surface area (Å²) in [6.45, 7) is -0.833. The third-order valence-corrected chi connectivity index (χ3v) is 1.60. The number of hydrogen-bond acceptors (Lipinski definition) is 4. The first-order valence-corrected chi connectivity index (χ1v) is 3.74. The van der Waals surface area contributed by atoms with Crippen molar-refractivity contribution in [1.29, 1.82) is 0 Å². The molecule has 0 aliphatic rings. The molecule has 8 heteroatoms. The largest absolute Gasteiger partial charge is 0.464 e. The first-order chi connectivity index (χ1) is 6.90. The maximum Gasteiger partial charge on any atom is 0.435 e. The first-order valence-electron chi connectivity index (χ1n) is 3.74. The SMILES string of the molecule is COC(=O)c1cc(C(F)(F)F)nn1CO. The van der Waals surface area contributed by atoms with Gasteiger partial charge in [-0.25, -0.2) is 9.48 Å². The highest BCUT2D eigenvalue weighted by Crippen LogP contribution is 2.28. The Bertz CT molecular complexity index is 372. The van der Waals surface area contributed by atoms with Gasteiger partial charge in [0.25, 0.3) is 0 Å². The van der Waals surface area contributed by atoms with Gasteiger partial charge in [0.15, 0.2) is 5.69 Å². The summed E-state index contributed by atoms with van der Waals surface area (Å²) in [7, 11) is 1.02. The second-order valence-corrected chi connectivity index (χ2v) is 2.55. The van der Waals surface area contributed by atoms with Crippen LogP contribution in [0.5, 0.6) is 0 Å². The van der Waals surface area contributed by atoms with Gasteiger partial charge in [-0.3, -0.25) is 0 Å². The van der Waals surface area contributed by atoms with Crippen molar-refractivity contribution in [3.63, 3.8) is 0 Å². The van der Waals surface area contributed by atoms with Crippen LogP contribution >= 0.6 is 0 Å². The topological polar surface area (TPSA) is 64.3 Å². The summed E-state index contributed by atoms with van der Waals surface area (Å²) >= 11 is 0. The van der Waals surface area contributed by atoms with Gasteiger partial charge in [-0.2, -0.15) is 18.3 Å². The number of aliphatic hydroxyl groups is 1. The van der Waals surface area contributed by atoms with E-state index in [1.165, 1.54) is 0 Å². The van der Waals surface area contributed by atoms with E-state index in [0.717, 1.165) is 7.11 Å². The van der Waals surface area contributed by atoms with Crippen LogP contribution < -0.4 is 0 Å². The van der Waals surface area contributed by atoms with Crippen molar-refractivity contribution < 1.29 is 27.8 Å². The number of ether oxygens (including phenoxy) is 1. The second kappa shape index (κ2) is 3.89. The minimum absolute atomic E-state index is 0.452. The Morgan fingerprint density at radius 3 is 2.67 bits per heavy atom. The molecule has 1 rings (SSSR count). The number of methoxy groups -OCH3 is 1. The summed E-state index contributed by atoms with van der Waals surface area (Å²) in [4.78, 5) is 11.0. The number of carbonyl (C=O) groups is 1. The number of rotatable bonds is 2. The van der Waals surface area contributed by atoms with Gasteiger partial charge in [-0.15, -0.1) is 0 Å². The molecule has 84 valence electrons. The van der Waals surface area contributed by atoms with Crippen LogP contribution in [-0.4, -0.2) is 28.0 Å². The molecule has 1 heterocycles. The third kappa shape index (κ3) is 2.27. The van der Waals surface area contributed by atoms with E-state index in [4.69, 9.17) is 5.11 Å². The lowest BCUT2D eigenvalue weighted by atomic mass is 10.3. The number of aliphatic hydroxyl groups excluding tert-OH is 1. The van der Waals surface area contributed by atoms with Gasteiger partial charge in [0, 0.05) is 6.07 Å². The zero-order valence-electron chi connectivity index (χ0n) is 7.58. The van der Waals surface area contributed by atoms with Crippen LogP contribution in [0, 0.1) is 0 Å². The molecule has 0 saturated heterocycles. The molecule has 0 saturated carbocycles. The standard InChI is InChI=1S/C7H7F3N2O3/c1-15-6(14)4-2-5(7(8,9)10)11-12(4)3-13/h2,13H,3H2,1H3. The van der Waals surface area contributed by atoms with E-state index in [2.05, 4.69) is 9.84 Å². The summed E-state index contributed by atoms with van der Waals surface area (Å²) in [5.41, 5.74) is -1.70. The Morgan fingerprint density at radius 1 is 1.67 bits per heavy atom. The van der Waals surface area contributed by atoms with Crippen LogP contribution in [0.15, 0.2) is 6.07 Å². The van der Waals surface area contributed by atoms with Gasteiger partial charge in [0.2, 0.25) is 0 Å². The van der Waals surface area contributed by atoms with Crippen molar-refractivity contribution in [2.45, 2.75) is 12.9 Å². The molecule has 0 atom stereocenters. The van der Waals surface area contributed by atoms with Gasteiger partial charge in [-0.1, -0.05) is 0 Å². The molecule has 0 bridgehead atoms. The molecular weight excluding hydrogens is 217 g/mol. The van der Waals surface area contributed by atoms with E-state index in [-0.39, 0.29) is 0 Å².